The molecule has 0 bridgehead atoms. The van der Waals surface area contributed by atoms with Crippen molar-refractivity contribution in [3.05, 3.63) is 24.3 Å². The van der Waals surface area contributed by atoms with E-state index in [0.717, 1.165) is 5.69 Å². The molecule has 3 amide bonds. The first kappa shape index (κ1) is 16.0. The van der Waals surface area contributed by atoms with Crippen molar-refractivity contribution in [2.75, 3.05) is 16.8 Å². The van der Waals surface area contributed by atoms with Crippen molar-refractivity contribution < 1.29 is 14.4 Å². The minimum Gasteiger partial charge on any atom is -0.354 e. The molecule has 1 heterocycles. The van der Waals surface area contributed by atoms with Gasteiger partial charge in [-0.05, 0) is 38.1 Å². The number of hydrogen-bond acceptors (Lipinski definition) is 3. The monoisotopic (exact) mass is 303 g/mol. The highest BCUT2D eigenvalue weighted by molar-refractivity contribution is 6.00. The van der Waals surface area contributed by atoms with Gasteiger partial charge in [0.25, 0.3) is 0 Å². The first-order valence-electron chi connectivity index (χ1n) is 7.35. The molecule has 0 aliphatic carbocycles. The molecule has 0 unspecified atom stereocenters. The van der Waals surface area contributed by atoms with Crippen LogP contribution in [0.1, 0.15) is 27.2 Å². The number of nitrogens with one attached hydrogen (secondary N) is 2. The topological polar surface area (TPSA) is 78.5 Å². The van der Waals surface area contributed by atoms with Crippen molar-refractivity contribution in [3.8, 4) is 0 Å². The maximum absolute atomic E-state index is 12.1. The van der Waals surface area contributed by atoms with E-state index in [-0.39, 0.29) is 36.1 Å². The van der Waals surface area contributed by atoms with Crippen molar-refractivity contribution in [2.24, 2.45) is 5.92 Å². The van der Waals surface area contributed by atoms with Gasteiger partial charge in [0.05, 0.1) is 5.92 Å². The van der Waals surface area contributed by atoms with Crippen LogP contribution in [0.5, 0.6) is 0 Å². The zero-order chi connectivity index (χ0) is 16.3. The standard InChI is InChI=1S/C16H21N3O3/c1-10(2)17-16(22)12-8-15(21)19(9-12)14-6-4-13(5-7-14)18-11(3)20/h4-7,10,12H,8-9H2,1-3H3,(H,17,22)(H,18,20)/t12-/m0/s1. The summed E-state index contributed by atoms with van der Waals surface area (Å²) in [6.45, 7) is 5.62. The highest BCUT2D eigenvalue weighted by atomic mass is 16.2. The Labute approximate surface area is 129 Å². The van der Waals surface area contributed by atoms with E-state index in [0.29, 0.717) is 12.2 Å². The maximum atomic E-state index is 12.1. The lowest BCUT2D eigenvalue weighted by molar-refractivity contribution is -0.126. The minimum atomic E-state index is -0.315. The van der Waals surface area contributed by atoms with E-state index in [1.54, 1.807) is 29.2 Å². The first-order valence-corrected chi connectivity index (χ1v) is 7.35. The highest BCUT2D eigenvalue weighted by Gasteiger charge is 2.35. The van der Waals surface area contributed by atoms with E-state index in [4.69, 9.17) is 0 Å². The molecule has 1 aliphatic rings. The minimum absolute atomic E-state index is 0.0591. The van der Waals surface area contributed by atoms with Crippen LogP contribution in [0, 0.1) is 5.92 Å². The van der Waals surface area contributed by atoms with Crippen LogP contribution in [-0.4, -0.2) is 30.3 Å². The van der Waals surface area contributed by atoms with E-state index in [9.17, 15) is 14.4 Å². The van der Waals surface area contributed by atoms with Gasteiger partial charge in [-0.1, -0.05) is 0 Å². The maximum Gasteiger partial charge on any atom is 0.227 e. The van der Waals surface area contributed by atoms with Crippen LogP contribution >= 0.6 is 0 Å². The fourth-order valence-electron chi connectivity index (χ4n) is 2.46. The second kappa shape index (κ2) is 6.60. The van der Waals surface area contributed by atoms with Crippen molar-refractivity contribution in [1.29, 1.82) is 0 Å². The number of amides is 3. The molecule has 6 heteroatoms. The molecule has 2 rings (SSSR count). The number of carbonyl (C=O) groups is 3. The van der Waals surface area contributed by atoms with Crippen LogP contribution in [0.2, 0.25) is 0 Å². The third-order valence-corrected chi connectivity index (χ3v) is 3.43. The quantitative estimate of drug-likeness (QED) is 0.885. The molecule has 2 N–H and O–H groups in total. The summed E-state index contributed by atoms with van der Waals surface area (Å²) in [6.07, 6.45) is 0.228. The number of hydrogen-bond donors (Lipinski definition) is 2. The largest absolute Gasteiger partial charge is 0.354 e. The summed E-state index contributed by atoms with van der Waals surface area (Å²) in [5.41, 5.74) is 1.41. The molecule has 1 atom stereocenters. The summed E-state index contributed by atoms with van der Waals surface area (Å²) in [5.74, 6) is -0.600. The molecule has 0 aromatic heterocycles. The Kier molecular flexibility index (Phi) is 4.80. The average Bonchev–Trinajstić information content (AvgIpc) is 2.80. The predicted octanol–water partition coefficient (Wildman–Crippen LogP) is 1.52. The van der Waals surface area contributed by atoms with Crippen LogP contribution in [-0.2, 0) is 14.4 Å². The lowest BCUT2D eigenvalue weighted by Crippen LogP contribution is -2.36. The molecule has 1 fully saturated rings. The molecule has 1 aromatic carbocycles. The normalized spacial score (nSPS) is 17.7. The van der Waals surface area contributed by atoms with Gasteiger partial charge in [0, 0.05) is 37.3 Å². The summed E-state index contributed by atoms with van der Waals surface area (Å²) in [6, 6.07) is 7.09. The van der Waals surface area contributed by atoms with Crippen molar-refractivity contribution >= 4 is 29.1 Å². The van der Waals surface area contributed by atoms with Gasteiger partial charge in [-0.25, -0.2) is 0 Å². The average molecular weight is 303 g/mol. The second-order valence-corrected chi connectivity index (χ2v) is 5.80. The number of benzene rings is 1. The van der Waals surface area contributed by atoms with Crippen molar-refractivity contribution in [3.63, 3.8) is 0 Å². The fourth-order valence-corrected chi connectivity index (χ4v) is 2.46. The van der Waals surface area contributed by atoms with Gasteiger partial charge in [-0.15, -0.1) is 0 Å². The Balaban J connectivity index is 2.05. The summed E-state index contributed by atoms with van der Waals surface area (Å²) < 4.78 is 0. The zero-order valence-electron chi connectivity index (χ0n) is 13.1. The summed E-state index contributed by atoms with van der Waals surface area (Å²) in [4.78, 5) is 36.7. The van der Waals surface area contributed by atoms with Gasteiger partial charge >= 0.3 is 0 Å². The van der Waals surface area contributed by atoms with Gasteiger partial charge in [-0.3, -0.25) is 14.4 Å². The third-order valence-electron chi connectivity index (χ3n) is 3.43. The van der Waals surface area contributed by atoms with Gasteiger partial charge in [0.2, 0.25) is 17.7 Å². The fraction of sp³-hybridized carbons (Fsp3) is 0.438. The van der Waals surface area contributed by atoms with Crippen LogP contribution < -0.4 is 15.5 Å². The second-order valence-electron chi connectivity index (χ2n) is 5.80. The molecule has 1 saturated heterocycles. The van der Waals surface area contributed by atoms with E-state index < -0.39 is 0 Å². The molecule has 22 heavy (non-hydrogen) atoms. The van der Waals surface area contributed by atoms with E-state index in [1.807, 2.05) is 13.8 Å². The SMILES string of the molecule is CC(=O)Nc1ccc(N2C[C@@H](C(=O)NC(C)C)CC2=O)cc1. The van der Waals surface area contributed by atoms with Crippen LogP contribution in [0.25, 0.3) is 0 Å². The molecular formula is C16H21N3O3. The Morgan fingerprint density at radius 1 is 1.23 bits per heavy atom. The molecular weight excluding hydrogens is 282 g/mol. The number of nitrogens with zero attached hydrogens (tertiary/aromatic N) is 1. The molecule has 1 aliphatic heterocycles. The van der Waals surface area contributed by atoms with E-state index in [1.165, 1.54) is 6.92 Å². The zero-order valence-corrected chi connectivity index (χ0v) is 13.1. The van der Waals surface area contributed by atoms with E-state index >= 15 is 0 Å². The van der Waals surface area contributed by atoms with Crippen LogP contribution in [0.4, 0.5) is 11.4 Å². The van der Waals surface area contributed by atoms with Gasteiger partial charge < -0.3 is 15.5 Å². The summed E-state index contributed by atoms with van der Waals surface area (Å²) in [7, 11) is 0. The Morgan fingerprint density at radius 2 is 1.86 bits per heavy atom. The van der Waals surface area contributed by atoms with Crippen LogP contribution in [0.3, 0.4) is 0 Å². The Hall–Kier alpha value is -2.37. The lowest BCUT2D eigenvalue weighted by atomic mass is 10.1. The highest BCUT2D eigenvalue weighted by Crippen LogP contribution is 2.26. The number of carbonyl (C=O) groups excluding carboxylic acids is 3. The van der Waals surface area contributed by atoms with Crippen LogP contribution in [0.15, 0.2) is 24.3 Å². The molecule has 0 radical (unpaired) electrons. The third kappa shape index (κ3) is 3.84. The molecule has 1 aromatic rings. The summed E-state index contributed by atoms with van der Waals surface area (Å²) in [5, 5.41) is 5.52. The Morgan fingerprint density at radius 3 is 2.41 bits per heavy atom. The molecule has 118 valence electrons. The predicted molar refractivity (Wildman–Crippen MR) is 84.5 cm³/mol. The Bertz CT molecular complexity index is 581. The smallest absolute Gasteiger partial charge is 0.227 e. The molecule has 6 nitrogen and oxygen atoms in total. The molecule has 0 saturated carbocycles. The van der Waals surface area contributed by atoms with Gasteiger partial charge in [0.1, 0.15) is 0 Å². The lowest BCUT2D eigenvalue weighted by Gasteiger charge is -2.17. The van der Waals surface area contributed by atoms with E-state index in [2.05, 4.69) is 10.6 Å². The number of rotatable bonds is 4. The number of anilines is 2. The van der Waals surface area contributed by atoms with Crippen molar-refractivity contribution in [2.45, 2.75) is 33.2 Å². The first-order chi connectivity index (χ1) is 10.4. The van der Waals surface area contributed by atoms with Gasteiger partial charge in [-0.2, -0.15) is 0 Å². The van der Waals surface area contributed by atoms with Gasteiger partial charge in [0.15, 0.2) is 0 Å². The van der Waals surface area contributed by atoms with Crippen molar-refractivity contribution in [1.82, 2.24) is 5.32 Å². The summed E-state index contributed by atoms with van der Waals surface area (Å²) >= 11 is 0. The molecule has 0 spiro atoms.